The average Bonchev–Trinajstić information content (AvgIpc) is 3.08. The Bertz CT molecular complexity index is 810. The van der Waals surface area contributed by atoms with Crippen LogP contribution in [0.2, 0.25) is 0 Å². The van der Waals surface area contributed by atoms with Gasteiger partial charge in [-0.1, -0.05) is 36.4 Å². The molecule has 5 heteroatoms. The van der Waals surface area contributed by atoms with E-state index in [0.717, 1.165) is 22.3 Å². The molecule has 132 valence electrons. The molecule has 3 rings (SSSR count). The molecule has 1 N–H and O–H groups in total. The highest BCUT2D eigenvalue weighted by atomic mass is 16.5. The molecule has 0 spiro atoms. The van der Waals surface area contributed by atoms with Gasteiger partial charge in [-0.3, -0.25) is 0 Å². The van der Waals surface area contributed by atoms with Crippen molar-refractivity contribution in [1.29, 1.82) is 0 Å². The topological polar surface area (TPSA) is 56.5 Å². The van der Waals surface area contributed by atoms with E-state index < -0.39 is 6.10 Å². The molecule has 0 bridgehead atoms. The summed E-state index contributed by atoms with van der Waals surface area (Å²) in [5.74, 6) is 1.59. The highest BCUT2D eigenvalue weighted by Crippen LogP contribution is 2.25. The van der Waals surface area contributed by atoms with Crippen molar-refractivity contribution >= 4 is 10.8 Å². The fourth-order valence-electron chi connectivity index (χ4n) is 2.95. The van der Waals surface area contributed by atoms with Gasteiger partial charge in [-0.05, 0) is 25.3 Å². The van der Waals surface area contributed by atoms with Gasteiger partial charge in [0.2, 0.25) is 0 Å². The molecule has 25 heavy (non-hydrogen) atoms. The first-order chi connectivity index (χ1) is 12.2. The molecule has 5 nitrogen and oxygen atoms in total. The van der Waals surface area contributed by atoms with Crippen molar-refractivity contribution in [2.75, 3.05) is 13.2 Å². The van der Waals surface area contributed by atoms with E-state index in [-0.39, 0.29) is 12.7 Å². The molecule has 0 radical (unpaired) electrons. The lowest BCUT2D eigenvalue weighted by Gasteiger charge is -2.18. The number of nitrogens with zero attached hydrogens (tertiary/aromatic N) is 2. The summed E-state index contributed by atoms with van der Waals surface area (Å²) in [6, 6.07) is 14.0. The van der Waals surface area contributed by atoms with E-state index in [2.05, 4.69) is 4.98 Å². The summed E-state index contributed by atoms with van der Waals surface area (Å²) in [5.41, 5.74) is 0. The maximum absolute atomic E-state index is 10.4. The minimum absolute atomic E-state index is 0.105. The zero-order chi connectivity index (χ0) is 17.6. The third-order valence-electron chi connectivity index (χ3n) is 4.12. The number of ether oxygens (including phenoxy) is 2. The fraction of sp³-hybridized carbons (Fsp3) is 0.350. The molecular weight excluding hydrogens is 316 g/mol. The van der Waals surface area contributed by atoms with Gasteiger partial charge in [0, 0.05) is 24.4 Å². The normalized spacial score (nSPS) is 13.7. The smallest absolute Gasteiger partial charge is 0.137 e. The minimum atomic E-state index is -0.638. The average molecular weight is 340 g/mol. The molecule has 0 saturated carbocycles. The van der Waals surface area contributed by atoms with E-state index in [1.165, 1.54) is 0 Å². The SMILES string of the molecule is CCOC(C)c1nccn1CC(O)COc1cccc2ccccc12. The van der Waals surface area contributed by atoms with E-state index in [9.17, 15) is 5.11 Å². The summed E-state index contributed by atoms with van der Waals surface area (Å²) in [7, 11) is 0. The number of fused-ring (bicyclic) bond motifs is 1. The highest BCUT2D eigenvalue weighted by molar-refractivity contribution is 5.88. The van der Waals surface area contributed by atoms with Crippen LogP contribution in [0.3, 0.4) is 0 Å². The number of imidazole rings is 1. The van der Waals surface area contributed by atoms with Crippen molar-refractivity contribution in [1.82, 2.24) is 9.55 Å². The molecule has 1 aromatic heterocycles. The third-order valence-corrected chi connectivity index (χ3v) is 4.12. The van der Waals surface area contributed by atoms with Crippen LogP contribution in [0.25, 0.3) is 10.8 Å². The van der Waals surface area contributed by atoms with Crippen molar-refractivity contribution in [2.45, 2.75) is 32.6 Å². The fourth-order valence-corrected chi connectivity index (χ4v) is 2.95. The van der Waals surface area contributed by atoms with E-state index >= 15 is 0 Å². The van der Waals surface area contributed by atoms with Crippen LogP contribution in [0.4, 0.5) is 0 Å². The second-order valence-corrected chi connectivity index (χ2v) is 5.98. The molecule has 2 aromatic carbocycles. The summed E-state index contributed by atoms with van der Waals surface area (Å²) in [6.07, 6.45) is 2.83. The Morgan fingerprint density at radius 1 is 1.16 bits per heavy atom. The predicted octanol–water partition coefficient (Wildman–Crippen LogP) is 3.57. The first-order valence-electron chi connectivity index (χ1n) is 8.60. The standard InChI is InChI=1S/C20H24N2O3/c1-3-24-15(2)20-21-11-12-22(20)13-17(23)14-25-19-10-6-8-16-7-4-5-9-18(16)19/h4-12,15,17,23H,3,13-14H2,1-2H3. The first-order valence-corrected chi connectivity index (χ1v) is 8.60. The van der Waals surface area contributed by atoms with Crippen molar-refractivity contribution in [3.63, 3.8) is 0 Å². The van der Waals surface area contributed by atoms with Crippen LogP contribution >= 0.6 is 0 Å². The number of rotatable bonds is 8. The molecule has 0 aliphatic heterocycles. The Labute approximate surface area is 147 Å². The second kappa shape index (κ2) is 8.14. The van der Waals surface area contributed by atoms with Crippen molar-refractivity contribution in [3.8, 4) is 5.75 Å². The minimum Gasteiger partial charge on any atom is -0.490 e. The number of hydrogen-bond acceptors (Lipinski definition) is 4. The van der Waals surface area contributed by atoms with Crippen LogP contribution in [0.5, 0.6) is 5.75 Å². The molecular formula is C20H24N2O3. The zero-order valence-corrected chi connectivity index (χ0v) is 14.6. The molecule has 0 saturated heterocycles. The van der Waals surface area contributed by atoms with Crippen LogP contribution in [-0.2, 0) is 11.3 Å². The number of aliphatic hydroxyl groups excluding tert-OH is 1. The first kappa shape index (κ1) is 17.5. The van der Waals surface area contributed by atoms with Gasteiger partial charge in [0.05, 0.1) is 6.54 Å². The summed E-state index contributed by atoms with van der Waals surface area (Å²) in [4.78, 5) is 4.33. The lowest BCUT2D eigenvalue weighted by molar-refractivity contribution is 0.0599. The van der Waals surface area contributed by atoms with E-state index in [0.29, 0.717) is 13.2 Å². The third kappa shape index (κ3) is 4.18. The number of benzene rings is 2. The molecule has 0 aliphatic carbocycles. The van der Waals surface area contributed by atoms with Gasteiger partial charge in [-0.2, -0.15) is 0 Å². The van der Waals surface area contributed by atoms with Gasteiger partial charge in [0.1, 0.15) is 30.4 Å². The molecule has 0 fully saturated rings. The summed E-state index contributed by atoms with van der Waals surface area (Å²) < 4.78 is 13.4. The molecule has 2 atom stereocenters. The molecule has 2 unspecified atom stereocenters. The van der Waals surface area contributed by atoms with Gasteiger partial charge in [0.15, 0.2) is 0 Å². The zero-order valence-electron chi connectivity index (χ0n) is 14.6. The highest BCUT2D eigenvalue weighted by Gasteiger charge is 2.15. The summed E-state index contributed by atoms with van der Waals surface area (Å²) >= 11 is 0. The van der Waals surface area contributed by atoms with E-state index in [4.69, 9.17) is 9.47 Å². The van der Waals surface area contributed by atoms with Gasteiger partial charge in [-0.25, -0.2) is 4.98 Å². The van der Waals surface area contributed by atoms with Gasteiger partial charge < -0.3 is 19.1 Å². The number of hydrogen-bond donors (Lipinski definition) is 1. The van der Waals surface area contributed by atoms with Gasteiger partial charge in [-0.15, -0.1) is 0 Å². The predicted molar refractivity (Wildman–Crippen MR) is 97.7 cm³/mol. The van der Waals surface area contributed by atoms with Gasteiger partial charge >= 0.3 is 0 Å². The summed E-state index contributed by atoms with van der Waals surface area (Å²) in [5, 5.41) is 12.5. The lowest BCUT2D eigenvalue weighted by Crippen LogP contribution is -2.25. The van der Waals surface area contributed by atoms with Crippen LogP contribution < -0.4 is 4.74 Å². The van der Waals surface area contributed by atoms with Crippen LogP contribution in [0.15, 0.2) is 54.9 Å². The van der Waals surface area contributed by atoms with E-state index in [1.54, 1.807) is 6.20 Å². The second-order valence-electron chi connectivity index (χ2n) is 5.98. The number of aliphatic hydroxyl groups is 1. The van der Waals surface area contributed by atoms with E-state index in [1.807, 2.05) is 67.1 Å². The maximum atomic E-state index is 10.4. The molecule has 1 heterocycles. The maximum Gasteiger partial charge on any atom is 0.137 e. The monoisotopic (exact) mass is 340 g/mol. The Morgan fingerprint density at radius 3 is 2.80 bits per heavy atom. The Hall–Kier alpha value is -2.37. The van der Waals surface area contributed by atoms with Crippen molar-refractivity contribution in [2.24, 2.45) is 0 Å². The molecule has 0 amide bonds. The van der Waals surface area contributed by atoms with Crippen LogP contribution in [-0.4, -0.2) is 34.0 Å². The summed E-state index contributed by atoms with van der Waals surface area (Å²) in [6.45, 7) is 5.17. The molecule has 3 aromatic rings. The van der Waals surface area contributed by atoms with Crippen molar-refractivity contribution < 1.29 is 14.6 Å². The lowest BCUT2D eigenvalue weighted by atomic mass is 10.1. The quantitative estimate of drug-likeness (QED) is 0.681. The molecule has 0 aliphatic rings. The number of aromatic nitrogens is 2. The van der Waals surface area contributed by atoms with Crippen LogP contribution in [0.1, 0.15) is 25.8 Å². The Morgan fingerprint density at radius 2 is 1.96 bits per heavy atom. The van der Waals surface area contributed by atoms with Crippen LogP contribution in [0, 0.1) is 0 Å². The Kier molecular flexibility index (Phi) is 5.68. The van der Waals surface area contributed by atoms with Crippen molar-refractivity contribution in [3.05, 3.63) is 60.7 Å². The van der Waals surface area contributed by atoms with Gasteiger partial charge in [0.25, 0.3) is 0 Å². The Balaban J connectivity index is 1.64. The largest absolute Gasteiger partial charge is 0.490 e.